The summed E-state index contributed by atoms with van der Waals surface area (Å²) in [5, 5.41) is 11.1. The molecule has 1 fully saturated rings. The maximum absolute atomic E-state index is 13.6. The van der Waals surface area contributed by atoms with Gasteiger partial charge < -0.3 is 9.84 Å². The van der Waals surface area contributed by atoms with Crippen LogP contribution in [0.2, 0.25) is 0 Å². The first-order valence-corrected chi connectivity index (χ1v) is 9.69. The van der Waals surface area contributed by atoms with E-state index in [1.807, 2.05) is 19.1 Å². The third-order valence-corrected chi connectivity index (χ3v) is 5.37. The van der Waals surface area contributed by atoms with Crippen LogP contribution in [0.15, 0.2) is 78.4 Å². The van der Waals surface area contributed by atoms with Crippen LogP contribution in [0.4, 0.5) is 10.1 Å². The number of benzene rings is 3. The molecule has 31 heavy (non-hydrogen) atoms. The lowest BCUT2D eigenvalue weighted by Gasteiger charge is -2.26. The number of rotatable bonds is 4. The third kappa shape index (κ3) is 3.57. The van der Waals surface area contributed by atoms with E-state index in [9.17, 15) is 19.1 Å². The summed E-state index contributed by atoms with van der Waals surface area (Å²) in [5.41, 5.74) is 2.17. The Bertz CT molecular complexity index is 1180. The molecule has 1 amide bonds. The largest absolute Gasteiger partial charge is 0.507 e. The summed E-state index contributed by atoms with van der Waals surface area (Å²) in [6, 6.07) is 18.4. The van der Waals surface area contributed by atoms with Crippen LogP contribution in [-0.4, -0.2) is 23.9 Å². The van der Waals surface area contributed by atoms with E-state index in [-0.39, 0.29) is 11.3 Å². The Hall–Kier alpha value is -3.93. The van der Waals surface area contributed by atoms with Crippen molar-refractivity contribution in [3.8, 4) is 5.75 Å². The number of aryl methyl sites for hydroxylation is 1. The first kappa shape index (κ1) is 20.3. The van der Waals surface area contributed by atoms with Gasteiger partial charge in [0.1, 0.15) is 17.3 Å². The Kier molecular flexibility index (Phi) is 5.29. The first-order chi connectivity index (χ1) is 14.9. The Balaban J connectivity index is 1.94. The number of Topliss-reactive ketones (excluding diaryl/α,β-unsaturated/α-hetero) is 1. The summed E-state index contributed by atoms with van der Waals surface area (Å²) in [7, 11) is 1.52. The zero-order chi connectivity index (χ0) is 22.1. The molecule has 1 saturated heterocycles. The van der Waals surface area contributed by atoms with Gasteiger partial charge in [-0.3, -0.25) is 14.5 Å². The smallest absolute Gasteiger partial charge is 0.300 e. The Morgan fingerprint density at radius 1 is 0.968 bits per heavy atom. The second-order valence-corrected chi connectivity index (χ2v) is 7.24. The Morgan fingerprint density at radius 2 is 1.61 bits per heavy atom. The summed E-state index contributed by atoms with van der Waals surface area (Å²) in [6.45, 7) is 1.83. The molecule has 3 aromatic carbocycles. The fourth-order valence-electron chi connectivity index (χ4n) is 3.78. The first-order valence-electron chi connectivity index (χ1n) is 9.69. The number of hydrogen-bond donors (Lipinski definition) is 1. The lowest BCUT2D eigenvalue weighted by atomic mass is 9.95. The number of aliphatic hydroxyl groups excluding tert-OH is 1. The van der Waals surface area contributed by atoms with Crippen molar-refractivity contribution in [3.05, 3.63) is 101 Å². The van der Waals surface area contributed by atoms with Crippen LogP contribution < -0.4 is 9.64 Å². The van der Waals surface area contributed by atoms with Crippen molar-refractivity contribution in [1.29, 1.82) is 0 Å². The van der Waals surface area contributed by atoms with Crippen molar-refractivity contribution in [2.24, 2.45) is 0 Å². The number of methoxy groups -OCH3 is 1. The molecule has 1 heterocycles. The maximum atomic E-state index is 13.6. The van der Waals surface area contributed by atoms with Crippen LogP contribution in [-0.2, 0) is 9.59 Å². The van der Waals surface area contributed by atoms with Gasteiger partial charge in [-0.2, -0.15) is 0 Å². The van der Waals surface area contributed by atoms with Crippen LogP contribution in [0.3, 0.4) is 0 Å². The average molecular weight is 417 g/mol. The minimum Gasteiger partial charge on any atom is -0.507 e. The summed E-state index contributed by atoms with van der Waals surface area (Å²) in [4.78, 5) is 27.5. The lowest BCUT2D eigenvalue weighted by Crippen LogP contribution is -2.30. The molecule has 4 rings (SSSR count). The molecular formula is C25H20FNO4. The predicted molar refractivity (Wildman–Crippen MR) is 115 cm³/mol. The molecule has 1 aliphatic rings. The van der Waals surface area contributed by atoms with Gasteiger partial charge in [0, 0.05) is 11.3 Å². The number of carbonyl (C=O) groups excluding carboxylic acids is 2. The summed E-state index contributed by atoms with van der Waals surface area (Å²) >= 11 is 0. The molecule has 3 aromatic rings. The van der Waals surface area contributed by atoms with E-state index in [0.29, 0.717) is 22.6 Å². The van der Waals surface area contributed by atoms with Gasteiger partial charge >= 0.3 is 0 Å². The Morgan fingerprint density at radius 3 is 2.23 bits per heavy atom. The van der Waals surface area contributed by atoms with Gasteiger partial charge in [0.25, 0.3) is 11.7 Å². The second-order valence-electron chi connectivity index (χ2n) is 7.24. The van der Waals surface area contributed by atoms with Crippen molar-refractivity contribution in [1.82, 2.24) is 0 Å². The van der Waals surface area contributed by atoms with E-state index < -0.39 is 23.5 Å². The van der Waals surface area contributed by atoms with Crippen molar-refractivity contribution in [2.45, 2.75) is 13.0 Å². The van der Waals surface area contributed by atoms with Gasteiger partial charge in [-0.15, -0.1) is 0 Å². The molecule has 1 atom stereocenters. The van der Waals surface area contributed by atoms with Crippen molar-refractivity contribution >= 4 is 23.1 Å². The molecule has 1 aliphatic heterocycles. The van der Waals surface area contributed by atoms with Crippen molar-refractivity contribution < 1.29 is 23.8 Å². The van der Waals surface area contributed by atoms with Gasteiger partial charge in [-0.25, -0.2) is 4.39 Å². The molecule has 5 nitrogen and oxygen atoms in total. The van der Waals surface area contributed by atoms with Gasteiger partial charge in [-0.1, -0.05) is 30.3 Å². The van der Waals surface area contributed by atoms with Gasteiger partial charge in [0.2, 0.25) is 0 Å². The molecule has 6 heteroatoms. The quantitative estimate of drug-likeness (QED) is 0.377. The van der Waals surface area contributed by atoms with Gasteiger partial charge in [0.05, 0.1) is 18.7 Å². The molecule has 0 saturated carbocycles. The molecule has 1 N–H and O–H groups in total. The molecule has 0 aromatic heterocycles. The molecule has 0 aliphatic carbocycles. The molecule has 156 valence electrons. The molecule has 1 unspecified atom stereocenters. The number of amides is 1. The van der Waals surface area contributed by atoms with Crippen molar-refractivity contribution in [2.75, 3.05) is 12.0 Å². The molecule has 0 spiro atoms. The highest BCUT2D eigenvalue weighted by atomic mass is 19.1. The second kappa shape index (κ2) is 8.07. The lowest BCUT2D eigenvalue weighted by molar-refractivity contribution is -0.132. The molecule has 0 radical (unpaired) electrons. The summed E-state index contributed by atoms with van der Waals surface area (Å²) in [6.07, 6.45) is 0. The molecule has 0 bridgehead atoms. The highest BCUT2D eigenvalue weighted by Crippen LogP contribution is 2.43. The summed E-state index contributed by atoms with van der Waals surface area (Å²) < 4.78 is 18.7. The van der Waals surface area contributed by atoms with Crippen LogP contribution in [0, 0.1) is 12.7 Å². The van der Waals surface area contributed by atoms with Crippen LogP contribution >= 0.6 is 0 Å². The zero-order valence-corrected chi connectivity index (χ0v) is 17.0. The number of carbonyl (C=O) groups is 2. The number of para-hydroxylation sites is 1. The van der Waals surface area contributed by atoms with E-state index >= 15 is 0 Å². The van der Waals surface area contributed by atoms with Crippen LogP contribution in [0.25, 0.3) is 5.76 Å². The van der Waals surface area contributed by atoms with Crippen LogP contribution in [0.5, 0.6) is 5.75 Å². The SMILES string of the molecule is COc1ccc(/C(O)=C2\C(=O)C(=O)N(c3ccccc3C)C2c2ccc(F)cc2)cc1. The monoisotopic (exact) mass is 417 g/mol. The third-order valence-electron chi connectivity index (χ3n) is 5.37. The Labute approximate surface area is 179 Å². The van der Waals surface area contributed by atoms with E-state index in [1.165, 1.54) is 36.3 Å². The minimum absolute atomic E-state index is 0.0509. The molecular weight excluding hydrogens is 397 g/mol. The number of anilines is 1. The fourth-order valence-corrected chi connectivity index (χ4v) is 3.78. The van der Waals surface area contributed by atoms with Crippen molar-refractivity contribution in [3.63, 3.8) is 0 Å². The normalized spacial score (nSPS) is 17.8. The predicted octanol–water partition coefficient (Wildman–Crippen LogP) is 4.77. The summed E-state index contributed by atoms with van der Waals surface area (Å²) in [5.74, 6) is -1.70. The maximum Gasteiger partial charge on any atom is 0.300 e. The average Bonchev–Trinajstić information content (AvgIpc) is 3.05. The number of ketones is 1. The number of aliphatic hydroxyl groups is 1. The topological polar surface area (TPSA) is 66.8 Å². The number of hydrogen-bond acceptors (Lipinski definition) is 4. The highest BCUT2D eigenvalue weighted by molar-refractivity contribution is 6.51. The van der Waals surface area contributed by atoms with Crippen LogP contribution in [0.1, 0.15) is 22.7 Å². The number of nitrogens with zero attached hydrogens (tertiary/aromatic N) is 1. The van der Waals surface area contributed by atoms with E-state index in [2.05, 4.69) is 0 Å². The van der Waals surface area contributed by atoms with E-state index in [0.717, 1.165) is 5.56 Å². The highest BCUT2D eigenvalue weighted by Gasteiger charge is 2.47. The number of halogens is 1. The van der Waals surface area contributed by atoms with E-state index in [1.54, 1.807) is 36.4 Å². The zero-order valence-electron chi connectivity index (χ0n) is 17.0. The van der Waals surface area contributed by atoms with Gasteiger partial charge in [-0.05, 0) is 60.5 Å². The minimum atomic E-state index is -0.899. The van der Waals surface area contributed by atoms with E-state index in [4.69, 9.17) is 4.74 Å². The fraction of sp³-hybridized carbons (Fsp3) is 0.120. The standard InChI is InChI=1S/C25H20FNO4/c1-15-5-3-4-6-20(15)27-22(16-7-11-18(26)12-8-16)21(24(29)25(27)30)23(28)17-9-13-19(31-2)14-10-17/h3-14,22,28H,1-2H3/b23-21+. The van der Waals surface area contributed by atoms with Gasteiger partial charge in [0.15, 0.2) is 0 Å². The number of ether oxygens (including phenoxy) is 1.